The number of carbonyl (C=O) groups excluding carboxylic acids is 2. The van der Waals surface area contributed by atoms with Crippen molar-refractivity contribution in [3.8, 4) is 34.4 Å². The summed E-state index contributed by atoms with van der Waals surface area (Å²) in [6.45, 7) is -0.386. The van der Waals surface area contributed by atoms with Crippen LogP contribution in [0.5, 0.6) is 0 Å². The number of ether oxygens (including phenoxy) is 2. The Balaban J connectivity index is 0.919. The molecule has 4 atom stereocenters. The highest BCUT2D eigenvalue weighted by atomic mass is 19.3. The summed E-state index contributed by atoms with van der Waals surface area (Å²) in [6, 6.07) is 9.65. The van der Waals surface area contributed by atoms with E-state index in [0.717, 1.165) is 9.80 Å². The van der Waals surface area contributed by atoms with Crippen LogP contribution in [0.1, 0.15) is 73.4 Å². The lowest BCUT2D eigenvalue weighted by atomic mass is 9.90. The average molecular weight is 891 g/mol. The molecule has 4 fully saturated rings. The molecule has 4 saturated heterocycles. The molecule has 2 aromatic heterocycles. The molecule has 6 N–H and O–H groups in total. The first kappa shape index (κ1) is 44.2. The molecule has 0 radical (unpaired) electrons. The van der Waals surface area contributed by atoms with Gasteiger partial charge in [0.05, 0.1) is 49.0 Å². The van der Waals surface area contributed by atoms with Crippen molar-refractivity contribution in [1.29, 1.82) is 0 Å². The van der Waals surface area contributed by atoms with E-state index in [1.807, 2.05) is 0 Å². The van der Waals surface area contributed by atoms with Gasteiger partial charge in [-0.2, -0.15) is 0 Å². The van der Waals surface area contributed by atoms with Crippen LogP contribution in [0.15, 0.2) is 60.9 Å². The lowest BCUT2D eigenvalue weighted by Crippen LogP contribution is -2.53. The molecule has 6 heterocycles. The molecule has 8 rings (SSSR count). The second-order valence-electron chi connectivity index (χ2n) is 16.6. The van der Waals surface area contributed by atoms with E-state index in [-0.39, 0.29) is 11.6 Å². The number of amides is 4. The molecule has 4 aliphatic heterocycles. The molecular weight excluding hydrogens is 845 g/mol. The summed E-state index contributed by atoms with van der Waals surface area (Å²) in [6.07, 6.45) is 0.449. The summed E-state index contributed by atoms with van der Waals surface area (Å²) in [5.41, 5.74) is 3.77. The van der Waals surface area contributed by atoms with E-state index < -0.39 is 97.8 Å². The summed E-state index contributed by atoms with van der Waals surface area (Å²) in [5.74, 6) is -2.16. The van der Waals surface area contributed by atoms with E-state index in [2.05, 4.69) is 42.4 Å². The number of H-pyrrole nitrogens is 2. The minimum atomic E-state index is -3.21. The number of nitrogens with one attached hydrogen (secondary N) is 4. The largest absolute Gasteiger partial charge is 0.465 e. The second kappa shape index (κ2) is 18.3. The first-order chi connectivity index (χ1) is 30.6. The number of nitrogens with zero attached hydrogens (tertiary/aromatic N) is 4. The zero-order valence-electron chi connectivity index (χ0n) is 34.4. The fraction of sp³-hybridized carbons (Fsp3) is 0.455. The Kier molecular flexibility index (Phi) is 12.6. The van der Waals surface area contributed by atoms with Gasteiger partial charge in [-0.15, -0.1) is 0 Å². The Morgan fingerprint density at radius 2 is 1.00 bits per heavy atom. The summed E-state index contributed by atoms with van der Waals surface area (Å²) < 4.78 is 70.2. The first-order valence-electron chi connectivity index (χ1n) is 21.0. The van der Waals surface area contributed by atoms with Gasteiger partial charge >= 0.3 is 12.2 Å². The van der Waals surface area contributed by atoms with Crippen molar-refractivity contribution in [2.24, 2.45) is 11.8 Å². The zero-order chi connectivity index (χ0) is 45.2. The first-order valence-corrected chi connectivity index (χ1v) is 21.0. The Labute approximate surface area is 364 Å². The van der Waals surface area contributed by atoms with Crippen LogP contribution in [0.2, 0.25) is 0 Å². The molecule has 16 nitrogen and oxygen atoms in total. The minimum Gasteiger partial charge on any atom is -0.465 e. The number of alkyl halides is 4. The topological polar surface area (TPSA) is 215 Å². The quantitative estimate of drug-likeness (QED) is 0.0830. The monoisotopic (exact) mass is 890 g/mol. The van der Waals surface area contributed by atoms with Gasteiger partial charge in [0.1, 0.15) is 23.7 Å². The number of benzene rings is 2. The van der Waals surface area contributed by atoms with Gasteiger partial charge in [0, 0.05) is 50.4 Å². The number of hydrogen-bond acceptors (Lipinski definition) is 8. The highest BCUT2D eigenvalue weighted by molar-refractivity contribution is 5.87. The normalized spacial score (nSPS) is 22.0. The van der Waals surface area contributed by atoms with Gasteiger partial charge < -0.3 is 50.1 Å². The number of likely N-dealkylation sites (tertiary alicyclic amines) is 2. The molecule has 4 aromatic rings. The van der Waals surface area contributed by atoms with Gasteiger partial charge in [-0.25, -0.2) is 37.1 Å². The number of aromatic amines is 2. The zero-order valence-corrected chi connectivity index (χ0v) is 34.4. The van der Waals surface area contributed by atoms with Crippen LogP contribution in [-0.4, -0.2) is 127 Å². The van der Waals surface area contributed by atoms with Gasteiger partial charge in [-0.3, -0.25) is 9.59 Å². The molecule has 0 unspecified atom stereocenters. The smallest absolute Gasteiger partial charge is 0.405 e. The second-order valence-corrected chi connectivity index (χ2v) is 16.6. The van der Waals surface area contributed by atoms with Gasteiger partial charge in [0.15, 0.2) is 0 Å². The van der Waals surface area contributed by atoms with Crippen molar-refractivity contribution in [3.05, 3.63) is 83.7 Å². The molecule has 0 spiro atoms. The van der Waals surface area contributed by atoms with Crippen LogP contribution in [0.3, 0.4) is 0 Å². The maximum atomic E-state index is 14.9. The molecule has 4 amide bonds. The summed E-state index contributed by atoms with van der Waals surface area (Å²) in [5, 5.41) is 23.4. The number of rotatable bonds is 10. The van der Waals surface area contributed by atoms with Crippen molar-refractivity contribution in [1.82, 2.24) is 40.4 Å². The molecule has 2 aromatic carbocycles. The predicted molar refractivity (Wildman–Crippen MR) is 219 cm³/mol. The third kappa shape index (κ3) is 10.00. The van der Waals surface area contributed by atoms with Crippen LogP contribution in [0.25, 0.3) is 22.5 Å². The molecule has 0 saturated carbocycles. The van der Waals surface area contributed by atoms with Crippen LogP contribution < -0.4 is 10.6 Å². The Bertz CT molecular complexity index is 2240. The van der Waals surface area contributed by atoms with Gasteiger partial charge in [0.2, 0.25) is 11.8 Å². The molecule has 0 bridgehead atoms. The highest BCUT2D eigenvalue weighted by Crippen LogP contribution is 2.43. The molecule has 0 aliphatic carbocycles. The fourth-order valence-electron chi connectivity index (χ4n) is 8.99. The van der Waals surface area contributed by atoms with E-state index in [1.165, 1.54) is 12.4 Å². The number of carboxylic acid groups (broad SMARTS) is 2. The van der Waals surface area contributed by atoms with Crippen molar-refractivity contribution in [3.63, 3.8) is 0 Å². The van der Waals surface area contributed by atoms with Gasteiger partial charge in [0.25, 0.3) is 11.8 Å². The van der Waals surface area contributed by atoms with Crippen LogP contribution in [-0.2, 0) is 19.1 Å². The molecule has 338 valence electrons. The molecular formula is C44H46F4N8O8. The van der Waals surface area contributed by atoms with E-state index in [4.69, 9.17) is 9.47 Å². The van der Waals surface area contributed by atoms with E-state index in [9.17, 15) is 47.0 Å². The van der Waals surface area contributed by atoms with Gasteiger partial charge in [-0.05, 0) is 72.9 Å². The van der Waals surface area contributed by atoms with E-state index in [1.54, 1.807) is 48.5 Å². The third-order valence-electron chi connectivity index (χ3n) is 12.2. The van der Waals surface area contributed by atoms with Crippen LogP contribution in [0.4, 0.5) is 27.2 Å². The molecule has 4 aliphatic rings. The maximum absolute atomic E-state index is 14.9. The highest BCUT2D eigenvalue weighted by Gasteiger charge is 2.52. The summed E-state index contributed by atoms with van der Waals surface area (Å²) in [4.78, 5) is 67.6. The Hall–Kier alpha value is -6.46. The van der Waals surface area contributed by atoms with E-state index >= 15 is 0 Å². The Morgan fingerprint density at radius 1 is 0.641 bits per heavy atom. The van der Waals surface area contributed by atoms with E-state index in [0.29, 0.717) is 85.8 Å². The summed E-state index contributed by atoms with van der Waals surface area (Å²) >= 11 is 0. The number of carbonyl (C=O) groups is 4. The number of imidazole rings is 2. The SMILES string of the molecule is O=C(O)N[C@H](C(=O)N1CC(F)(F)C[C@H]1c1ncc(-c2ccc(C#Cc3ccc(-c4cnc([C@@H]5CC(F)(F)CN5C(=O)[C@@H](NC(=O)O)C5CCOCC5)[nH]4)cc3)cc2)[nH]1)C1CCOCC1. The minimum absolute atomic E-state index is 0.155. The van der Waals surface area contributed by atoms with Crippen LogP contribution in [0, 0.1) is 23.7 Å². The fourth-order valence-corrected chi connectivity index (χ4v) is 8.99. The standard InChI is InChI=1S/C44H46F4N8O8/c45-43(46)19-33(55(23-43)39(57)35(53-41(59)60)29-11-15-63-16-12-29)37-49-21-31(51-37)27-7-3-25(4-8-27)1-2-26-5-9-28(10-6-26)32-22-50-38(52-32)34-20-44(47,48)24-56(34)40(58)36(54-42(61)62)30-13-17-64-18-14-30/h3-10,21-22,29-30,33-36,53-54H,11-20,23-24H2,(H,49,51)(H,50,52)(H,59,60)(H,61,62)/t33-,34-,35-,36-/m0/s1. The lowest BCUT2D eigenvalue weighted by molar-refractivity contribution is -0.138. The van der Waals surface area contributed by atoms with Crippen molar-refractivity contribution in [2.45, 2.75) is 74.5 Å². The lowest BCUT2D eigenvalue weighted by Gasteiger charge is -2.33. The molecule has 20 heteroatoms. The maximum Gasteiger partial charge on any atom is 0.405 e. The van der Waals surface area contributed by atoms with Gasteiger partial charge in [-0.1, -0.05) is 36.1 Å². The third-order valence-corrected chi connectivity index (χ3v) is 12.2. The number of hydrogen-bond donors (Lipinski definition) is 6. The number of aromatic nitrogens is 4. The average Bonchev–Trinajstić information content (AvgIpc) is 4.10. The number of halogens is 4. The molecule has 64 heavy (non-hydrogen) atoms. The van der Waals surface area contributed by atoms with Crippen LogP contribution >= 0.6 is 0 Å². The summed E-state index contributed by atoms with van der Waals surface area (Å²) in [7, 11) is 0. The Morgan fingerprint density at radius 3 is 1.34 bits per heavy atom. The van der Waals surface area contributed by atoms with Crippen molar-refractivity contribution >= 4 is 24.0 Å². The van der Waals surface area contributed by atoms with Crippen molar-refractivity contribution in [2.75, 3.05) is 39.5 Å². The predicted octanol–water partition coefficient (Wildman–Crippen LogP) is 5.81. The van der Waals surface area contributed by atoms with Crippen molar-refractivity contribution < 1.29 is 56.4 Å².